The summed E-state index contributed by atoms with van der Waals surface area (Å²) in [6, 6.07) is 7.12. The number of hydrogen-bond acceptors (Lipinski definition) is 4. The molecule has 1 heterocycles. The van der Waals surface area contributed by atoms with Gasteiger partial charge < -0.3 is 9.47 Å². The molecule has 0 atom stereocenters. The Hall–Kier alpha value is -2.30. The van der Waals surface area contributed by atoms with Gasteiger partial charge in [-0.15, -0.1) is 0 Å². The van der Waals surface area contributed by atoms with E-state index in [1.807, 2.05) is 13.1 Å². The van der Waals surface area contributed by atoms with Gasteiger partial charge in [0.15, 0.2) is 5.78 Å². The SMILES string of the molecule is COc1cc(OC)cc(C(=O)CCc2ccnn2C)c1. The number of ether oxygens (including phenoxy) is 2. The van der Waals surface area contributed by atoms with E-state index in [1.165, 1.54) is 0 Å². The summed E-state index contributed by atoms with van der Waals surface area (Å²) in [4.78, 5) is 12.2. The number of aromatic nitrogens is 2. The largest absolute Gasteiger partial charge is 0.497 e. The average molecular weight is 274 g/mol. The van der Waals surface area contributed by atoms with E-state index in [9.17, 15) is 4.79 Å². The van der Waals surface area contributed by atoms with Crippen LogP contribution in [0, 0.1) is 0 Å². The van der Waals surface area contributed by atoms with Crippen molar-refractivity contribution in [2.24, 2.45) is 7.05 Å². The van der Waals surface area contributed by atoms with Crippen molar-refractivity contribution >= 4 is 5.78 Å². The highest BCUT2D eigenvalue weighted by Crippen LogP contribution is 2.23. The van der Waals surface area contributed by atoms with Gasteiger partial charge in [0.25, 0.3) is 0 Å². The molecular weight excluding hydrogens is 256 g/mol. The number of ketones is 1. The van der Waals surface area contributed by atoms with Crippen molar-refractivity contribution < 1.29 is 14.3 Å². The van der Waals surface area contributed by atoms with Crippen molar-refractivity contribution in [2.75, 3.05) is 14.2 Å². The first-order chi connectivity index (χ1) is 9.63. The number of rotatable bonds is 6. The van der Waals surface area contributed by atoms with Crippen LogP contribution in [-0.4, -0.2) is 29.8 Å². The molecule has 5 heteroatoms. The second-order valence-corrected chi connectivity index (χ2v) is 4.47. The molecule has 2 rings (SSSR count). The summed E-state index contributed by atoms with van der Waals surface area (Å²) >= 11 is 0. The van der Waals surface area contributed by atoms with Crippen LogP contribution in [0.4, 0.5) is 0 Å². The molecule has 0 radical (unpaired) electrons. The van der Waals surface area contributed by atoms with Gasteiger partial charge in [-0.1, -0.05) is 0 Å². The van der Waals surface area contributed by atoms with Crippen molar-refractivity contribution in [3.63, 3.8) is 0 Å². The first-order valence-electron chi connectivity index (χ1n) is 6.37. The van der Waals surface area contributed by atoms with Crippen LogP contribution in [0.3, 0.4) is 0 Å². The van der Waals surface area contributed by atoms with Crippen LogP contribution in [0.15, 0.2) is 30.5 Å². The third kappa shape index (κ3) is 3.17. The molecule has 5 nitrogen and oxygen atoms in total. The number of methoxy groups -OCH3 is 2. The molecule has 0 fully saturated rings. The molecule has 20 heavy (non-hydrogen) atoms. The number of carbonyl (C=O) groups is 1. The summed E-state index contributed by atoms with van der Waals surface area (Å²) in [6.07, 6.45) is 2.82. The molecule has 0 aliphatic rings. The zero-order valence-corrected chi connectivity index (χ0v) is 11.9. The van der Waals surface area contributed by atoms with Gasteiger partial charge in [-0.05, 0) is 24.6 Å². The first-order valence-corrected chi connectivity index (χ1v) is 6.37. The van der Waals surface area contributed by atoms with Gasteiger partial charge in [0, 0.05) is 37.0 Å². The van der Waals surface area contributed by atoms with Crippen LogP contribution in [0.25, 0.3) is 0 Å². The molecule has 1 aromatic carbocycles. The molecule has 0 saturated heterocycles. The lowest BCUT2D eigenvalue weighted by Gasteiger charge is -2.08. The molecule has 0 spiro atoms. The van der Waals surface area contributed by atoms with Crippen molar-refractivity contribution in [1.82, 2.24) is 9.78 Å². The number of Topliss-reactive ketones (excluding diaryl/α,β-unsaturated/α-hetero) is 1. The molecule has 0 N–H and O–H groups in total. The Morgan fingerprint density at radius 2 is 1.85 bits per heavy atom. The highest BCUT2D eigenvalue weighted by Gasteiger charge is 2.11. The molecule has 1 aromatic heterocycles. The Morgan fingerprint density at radius 3 is 2.35 bits per heavy atom. The maximum Gasteiger partial charge on any atom is 0.163 e. The van der Waals surface area contributed by atoms with E-state index in [0.29, 0.717) is 29.9 Å². The van der Waals surface area contributed by atoms with Crippen LogP contribution in [0.1, 0.15) is 22.5 Å². The van der Waals surface area contributed by atoms with Gasteiger partial charge in [0.2, 0.25) is 0 Å². The van der Waals surface area contributed by atoms with Crippen LogP contribution < -0.4 is 9.47 Å². The standard InChI is InChI=1S/C15H18N2O3/c1-17-12(6-7-16-17)4-5-15(18)11-8-13(19-2)10-14(9-11)20-3/h6-10H,4-5H2,1-3H3. The van der Waals surface area contributed by atoms with Crippen molar-refractivity contribution in [3.8, 4) is 11.5 Å². The van der Waals surface area contributed by atoms with Crippen LogP contribution in [0.5, 0.6) is 11.5 Å². The molecule has 2 aromatic rings. The molecule has 0 saturated carbocycles. The third-order valence-corrected chi connectivity index (χ3v) is 3.20. The maximum absolute atomic E-state index is 12.2. The Kier molecular flexibility index (Phi) is 4.40. The van der Waals surface area contributed by atoms with Crippen LogP contribution in [-0.2, 0) is 13.5 Å². The van der Waals surface area contributed by atoms with Gasteiger partial charge in [0.1, 0.15) is 11.5 Å². The highest BCUT2D eigenvalue weighted by molar-refractivity contribution is 5.97. The Balaban J connectivity index is 2.10. The molecule has 106 valence electrons. The number of carbonyl (C=O) groups excluding carboxylic acids is 1. The fraction of sp³-hybridized carbons (Fsp3) is 0.333. The lowest BCUT2D eigenvalue weighted by atomic mass is 10.0. The minimum absolute atomic E-state index is 0.0587. The summed E-state index contributed by atoms with van der Waals surface area (Å²) in [6.45, 7) is 0. The third-order valence-electron chi connectivity index (χ3n) is 3.20. The fourth-order valence-corrected chi connectivity index (χ4v) is 2.00. The lowest BCUT2D eigenvalue weighted by Crippen LogP contribution is -2.05. The minimum Gasteiger partial charge on any atom is -0.497 e. The van der Waals surface area contributed by atoms with E-state index in [-0.39, 0.29) is 5.78 Å². The fourth-order valence-electron chi connectivity index (χ4n) is 2.00. The first kappa shape index (κ1) is 14.1. The average Bonchev–Trinajstić information content (AvgIpc) is 2.89. The van der Waals surface area contributed by atoms with Gasteiger partial charge >= 0.3 is 0 Å². The molecule has 0 amide bonds. The maximum atomic E-state index is 12.2. The monoisotopic (exact) mass is 274 g/mol. The van der Waals surface area contributed by atoms with Crippen molar-refractivity contribution in [2.45, 2.75) is 12.8 Å². The summed E-state index contributed by atoms with van der Waals surface area (Å²) in [5.74, 6) is 1.30. The van der Waals surface area contributed by atoms with E-state index in [4.69, 9.17) is 9.47 Å². The predicted octanol–water partition coefficient (Wildman–Crippen LogP) is 2.25. The van der Waals surface area contributed by atoms with Crippen LogP contribution >= 0.6 is 0 Å². The quantitative estimate of drug-likeness (QED) is 0.758. The van der Waals surface area contributed by atoms with Gasteiger partial charge in [-0.25, -0.2) is 0 Å². The summed E-state index contributed by atoms with van der Waals surface area (Å²) in [5, 5.41) is 4.09. The second kappa shape index (κ2) is 6.23. The zero-order valence-electron chi connectivity index (χ0n) is 11.9. The summed E-state index contributed by atoms with van der Waals surface area (Å²) < 4.78 is 12.1. The normalized spacial score (nSPS) is 10.3. The number of benzene rings is 1. The topological polar surface area (TPSA) is 53.4 Å². The van der Waals surface area contributed by atoms with E-state index in [1.54, 1.807) is 43.3 Å². The van der Waals surface area contributed by atoms with Gasteiger partial charge in [-0.3, -0.25) is 9.48 Å². The smallest absolute Gasteiger partial charge is 0.163 e. The molecule has 0 unspecified atom stereocenters. The summed E-state index contributed by atoms with van der Waals surface area (Å²) in [7, 11) is 5.01. The Bertz CT molecular complexity index is 583. The van der Waals surface area contributed by atoms with E-state index < -0.39 is 0 Å². The molecule has 0 bridgehead atoms. The van der Waals surface area contributed by atoms with Crippen molar-refractivity contribution in [1.29, 1.82) is 0 Å². The van der Waals surface area contributed by atoms with Gasteiger partial charge in [-0.2, -0.15) is 5.10 Å². The van der Waals surface area contributed by atoms with E-state index >= 15 is 0 Å². The number of nitrogens with zero attached hydrogens (tertiary/aromatic N) is 2. The van der Waals surface area contributed by atoms with E-state index in [0.717, 1.165) is 5.69 Å². The second-order valence-electron chi connectivity index (χ2n) is 4.47. The molecule has 0 aliphatic carbocycles. The number of aryl methyl sites for hydroxylation is 2. The Morgan fingerprint density at radius 1 is 1.20 bits per heavy atom. The van der Waals surface area contributed by atoms with Crippen LogP contribution in [0.2, 0.25) is 0 Å². The predicted molar refractivity (Wildman–Crippen MR) is 75.4 cm³/mol. The van der Waals surface area contributed by atoms with Gasteiger partial charge in [0.05, 0.1) is 14.2 Å². The molecular formula is C15H18N2O3. The van der Waals surface area contributed by atoms with Crippen molar-refractivity contribution in [3.05, 3.63) is 41.7 Å². The lowest BCUT2D eigenvalue weighted by molar-refractivity contribution is 0.0981. The van der Waals surface area contributed by atoms with E-state index in [2.05, 4.69) is 5.10 Å². The number of hydrogen-bond donors (Lipinski definition) is 0. The highest BCUT2D eigenvalue weighted by atomic mass is 16.5. The Labute approximate surface area is 118 Å². The summed E-state index contributed by atoms with van der Waals surface area (Å²) in [5.41, 5.74) is 1.64. The zero-order chi connectivity index (χ0) is 14.5. The minimum atomic E-state index is 0.0587. The molecule has 0 aliphatic heterocycles.